The molecule has 1 amide bonds. The standard InChI is InChI=1S/C16H18N6O2S/c1-10-9-14(23)19-16(18-10)25-11(2)15(24)17-7-8-22-13-6-4-3-5-12(13)20-21-22/h3-6,9,11H,7-8H2,1-2H3,(H,17,24)(H,18,19,23)/t11-/m0/s1. The number of fused-ring (bicyclic) bond motifs is 1. The fourth-order valence-corrected chi connectivity index (χ4v) is 3.22. The zero-order valence-electron chi connectivity index (χ0n) is 13.9. The lowest BCUT2D eigenvalue weighted by Crippen LogP contribution is -2.33. The van der Waals surface area contributed by atoms with Crippen molar-refractivity contribution in [2.75, 3.05) is 6.54 Å². The van der Waals surface area contributed by atoms with E-state index in [0.29, 0.717) is 23.9 Å². The molecule has 9 heteroatoms. The smallest absolute Gasteiger partial charge is 0.251 e. The summed E-state index contributed by atoms with van der Waals surface area (Å²) in [4.78, 5) is 30.5. The predicted octanol–water partition coefficient (Wildman–Crippen LogP) is 1.12. The SMILES string of the molecule is Cc1cc(=O)[nH]c(S[C@@H](C)C(=O)NCCn2nnc3ccccc32)n1. The van der Waals surface area contributed by atoms with Crippen molar-refractivity contribution in [3.63, 3.8) is 0 Å². The normalized spacial score (nSPS) is 12.2. The number of hydrogen-bond donors (Lipinski definition) is 2. The Labute approximate surface area is 148 Å². The number of thioether (sulfide) groups is 1. The Morgan fingerprint density at radius 2 is 2.20 bits per heavy atom. The third-order valence-corrected chi connectivity index (χ3v) is 4.53. The molecule has 1 atom stereocenters. The van der Waals surface area contributed by atoms with Gasteiger partial charge in [-0.3, -0.25) is 9.59 Å². The molecule has 0 saturated carbocycles. The molecule has 0 fully saturated rings. The topological polar surface area (TPSA) is 106 Å². The molecule has 25 heavy (non-hydrogen) atoms. The molecule has 0 aliphatic heterocycles. The number of rotatable bonds is 6. The van der Waals surface area contributed by atoms with Crippen molar-refractivity contribution in [3.05, 3.63) is 46.4 Å². The van der Waals surface area contributed by atoms with Crippen LogP contribution < -0.4 is 10.9 Å². The third-order valence-electron chi connectivity index (χ3n) is 3.55. The van der Waals surface area contributed by atoms with Crippen molar-refractivity contribution in [2.24, 2.45) is 0 Å². The van der Waals surface area contributed by atoms with Crippen molar-refractivity contribution in [2.45, 2.75) is 30.8 Å². The molecule has 8 nitrogen and oxygen atoms in total. The number of carbonyl (C=O) groups excluding carboxylic acids is 1. The molecule has 1 aromatic carbocycles. The van der Waals surface area contributed by atoms with Crippen LogP contribution in [0, 0.1) is 6.92 Å². The monoisotopic (exact) mass is 358 g/mol. The van der Waals surface area contributed by atoms with Crippen molar-refractivity contribution in [3.8, 4) is 0 Å². The molecule has 2 aromatic heterocycles. The molecule has 0 aliphatic carbocycles. The van der Waals surface area contributed by atoms with Gasteiger partial charge >= 0.3 is 0 Å². The van der Waals surface area contributed by atoms with E-state index in [2.05, 4.69) is 25.6 Å². The van der Waals surface area contributed by atoms with E-state index in [-0.39, 0.29) is 16.7 Å². The van der Waals surface area contributed by atoms with Gasteiger partial charge in [0, 0.05) is 18.3 Å². The molecule has 0 radical (unpaired) electrons. The van der Waals surface area contributed by atoms with Gasteiger partial charge in [0.1, 0.15) is 5.52 Å². The van der Waals surface area contributed by atoms with Gasteiger partial charge in [-0.1, -0.05) is 29.1 Å². The first-order valence-corrected chi connectivity index (χ1v) is 8.71. The van der Waals surface area contributed by atoms with Crippen molar-refractivity contribution >= 4 is 28.7 Å². The number of aromatic nitrogens is 5. The highest BCUT2D eigenvalue weighted by atomic mass is 32.2. The fraction of sp³-hybridized carbons (Fsp3) is 0.312. The second-order valence-corrected chi connectivity index (χ2v) is 6.87. The quantitative estimate of drug-likeness (QED) is 0.505. The summed E-state index contributed by atoms with van der Waals surface area (Å²) in [6.45, 7) is 4.48. The van der Waals surface area contributed by atoms with Crippen molar-refractivity contribution < 1.29 is 4.79 Å². The summed E-state index contributed by atoms with van der Waals surface area (Å²) >= 11 is 1.22. The van der Waals surface area contributed by atoms with E-state index in [9.17, 15) is 9.59 Å². The lowest BCUT2D eigenvalue weighted by atomic mass is 10.3. The summed E-state index contributed by atoms with van der Waals surface area (Å²) < 4.78 is 1.76. The Bertz CT molecular complexity index is 951. The van der Waals surface area contributed by atoms with Gasteiger partial charge in [-0.05, 0) is 26.0 Å². The van der Waals surface area contributed by atoms with Gasteiger partial charge in [0.15, 0.2) is 5.16 Å². The maximum absolute atomic E-state index is 12.2. The van der Waals surface area contributed by atoms with Crippen LogP contribution in [0.4, 0.5) is 0 Å². The first-order valence-electron chi connectivity index (χ1n) is 7.83. The number of nitrogens with one attached hydrogen (secondary N) is 2. The molecule has 130 valence electrons. The van der Waals surface area contributed by atoms with Gasteiger partial charge in [-0.15, -0.1) is 5.10 Å². The van der Waals surface area contributed by atoms with Gasteiger partial charge in [0.05, 0.1) is 17.3 Å². The van der Waals surface area contributed by atoms with E-state index in [1.165, 1.54) is 17.8 Å². The zero-order chi connectivity index (χ0) is 17.8. The lowest BCUT2D eigenvalue weighted by Gasteiger charge is -2.11. The maximum atomic E-state index is 12.2. The molecule has 0 bridgehead atoms. The number of aromatic amines is 1. The van der Waals surface area contributed by atoms with Gasteiger partial charge in [0.25, 0.3) is 5.56 Å². The molecule has 3 rings (SSSR count). The number of nitrogens with zero attached hydrogens (tertiary/aromatic N) is 4. The Morgan fingerprint density at radius 1 is 1.40 bits per heavy atom. The second-order valence-electron chi connectivity index (χ2n) is 5.54. The van der Waals surface area contributed by atoms with Crippen LogP contribution in [-0.2, 0) is 11.3 Å². The van der Waals surface area contributed by atoms with E-state index >= 15 is 0 Å². The minimum Gasteiger partial charge on any atom is -0.353 e. The third kappa shape index (κ3) is 4.24. The van der Waals surface area contributed by atoms with Crippen LogP contribution in [0.1, 0.15) is 12.6 Å². The minimum atomic E-state index is -0.377. The van der Waals surface area contributed by atoms with Crippen molar-refractivity contribution in [1.29, 1.82) is 0 Å². The van der Waals surface area contributed by atoms with Gasteiger partial charge in [-0.25, -0.2) is 9.67 Å². The molecule has 0 unspecified atom stereocenters. The van der Waals surface area contributed by atoms with Gasteiger partial charge in [-0.2, -0.15) is 0 Å². The number of carbonyl (C=O) groups is 1. The molecule has 3 aromatic rings. The summed E-state index contributed by atoms with van der Waals surface area (Å²) in [6.07, 6.45) is 0. The Kier molecular flexibility index (Phi) is 5.13. The largest absolute Gasteiger partial charge is 0.353 e. The highest BCUT2D eigenvalue weighted by Crippen LogP contribution is 2.18. The van der Waals surface area contributed by atoms with Crippen molar-refractivity contribution in [1.82, 2.24) is 30.3 Å². The molecule has 0 aliphatic rings. The summed E-state index contributed by atoms with van der Waals surface area (Å²) in [6, 6.07) is 9.08. The predicted molar refractivity (Wildman–Crippen MR) is 95.5 cm³/mol. The van der Waals surface area contributed by atoms with Crippen LogP contribution in [0.5, 0.6) is 0 Å². The number of hydrogen-bond acceptors (Lipinski definition) is 6. The van der Waals surface area contributed by atoms with Crippen LogP contribution >= 0.6 is 11.8 Å². The average Bonchev–Trinajstić information content (AvgIpc) is 2.97. The van der Waals surface area contributed by atoms with E-state index in [4.69, 9.17) is 0 Å². The number of aryl methyl sites for hydroxylation is 1. The highest BCUT2D eigenvalue weighted by molar-refractivity contribution is 8.00. The van der Waals surface area contributed by atoms with Crippen LogP contribution in [0.15, 0.2) is 40.3 Å². The van der Waals surface area contributed by atoms with Crippen LogP contribution in [0.25, 0.3) is 11.0 Å². The summed E-state index contributed by atoms with van der Waals surface area (Å²) in [5.41, 5.74) is 2.16. The number of benzene rings is 1. The Balaban J connectivity index is 1.54. The number of para-hydroxylation sites is 1. The van der Waals surface area contributed by atoms with E-state index in [1.54, 1.807) is 18.5 Å². The molecular weight excluding hydrogens is 340 g/mol. The molecule has 0 spiro atoms. The molecule has 0 saturated heterocycles. The minimum absolute atomic E-state index is 0.126. The first kappa shape index (κ1) is 17.2. The molecule has 2 heterocycles. The van der Waals surface area contributed by atoms with Gasteiger partial charge in [0.2, 0.25) is 5.91 Å². The number of H-pyrrole nitrogens is 1. The van der Waals surface area contributed by atoms with Crippen LogP contribution in [-0.4, -0.2) is 42.7 Å². The lowest BCUT2D eigenvalue weighted by molar-refractivity contribution is -0.120. The van der Waals surface area contributed by atoms with E-state index in [1.807, 2.05) is 24.3 Å². The number of amides is 1. The summed E-state index contributed by atoms with van der Waals surface area (Å²) in [5, 5.41) is 11.1. The zero-order valence-corrected chi connectivity index (χ0v) is 14.7. The Morgan fingerprint density at radius 3 is 3.00 bits per heavy atom. The fourth-order valence-electron chi connectivity index (χ4n) is 2.34. The van der Waals surface area contributed by atoms with E-state index < -0.39 is 0 Å². The van der Waals surface area contributed by atoms with E-state index in [0.717, 1.165) is 11.0 Å². The maximum Gasteiger partial charge on any atom is 0.251 e. The Hall–Kier alpha value is -2.68. The highest BCUT2D eigenvalue weighted by Gasteiger charge is 2.15. The van der Waals surface area contributed by atoms with Crippen LogP contribution in [0.3, 0.4) is 0 Å². The molecular formula is C16H18N6O2S. The first-order chi connectivity index (χ1) is 12.0. The summed E-state index contributed by atoms with van der Waals surface area (Å²) in [5.74, 6) is -0.126. The van der Waals surface area contributed by atoms with Crippen LogP contribution in [0.2, 0.25) is 0 Å². The second kappa shape index (κ2) is 7.47. The summed E-state index contributed by atoms with van der Waals surface area (Å²) in [7, 11) is 0. The van der Waals surface area contributed by atoms with Gasteiger partial charge < -0.3 is 10.3 Å². The average molecular weight is 358 g/mol. The molecule has 2 N–H and O–H groups in total.